The van der Waals surface area contributed by atoms with Gasteiger partial charge in [0, 0.05) is 17.8 Å². The Hall–Kier alpha value is -1.62. The lowest BCUT2D eigenvalue weighted by molar-refractivity contribution is -0.136. The molecule has 37 heavy (non-hydrogen) atoms. The highest BCUT2D eigenvalue weighted by Gasteiger charge is 2.75. The first-order valence-corrected chi connectivity index (χ1v) is 16.2. The van der Waals surface area contributed by atoms with Gasteiger partial charge in [-0.25, -0.2) is 0 Å². The Bertz CT molecular complexity index is 1280. The number of carbonyl (C=O) groups excluding carboxylic acids is 2. The summed E-state index contributed by atoms with van der Waals surface area (Å²) in [4.78, 5) is 28.6. The van der Waals surface area contributed by atoms with Crippen LogP contribution in [0.15, 0.2) is 30.3 Å². The quantitative estimate of drug-likeness (QED) is 0.487. The van der Waals surface area contributed by atoms with Crippen LogP contribution in [0.25, 0.3) is 0 Å². The molecule has 0 aromatic heterocycles. The van der Waals surface area contributed by atoms with E-state index in [-0.39, 0.29) is 23.4 Å². The second-order valence-electron chi connectivity index (χ2n) is 13.1. The molecule has 0 heterocycles. The zero-order valence-corrected chi connectivity index (χ0v) is 23.3. The van der Waals surface area contributed by atoms with Gasteiger partial charge in [-0.2, -0.15) is 16.8 Å². The summed E-state index contributed by atoms with van der Waals surface area (Å²) < 4.78 is 68.0. The lowest BCUT2D eigenvalue weighted by Crippen LogP contribution is -2.46. The van der Waals surface area contributed by atoms with Gasteiger partial charge in [-0.3, -0.25) is 18.7 Å². The number of benzene rings is 1. The van der Waals surface area contributed by atoms with Crippen LogP contribution in [0.2, 0.25) is 0 Å². The van der Waals surface area contributed by atoms with Crippen molar-refractivity contribution >= 4 is 31.8 Å². The van der Waals surface area contributed by atoms with Gasteiger partial charge in [0.25, 0.3) is 20.2 Å². The molecule has 0 radical (unpaired) electrons. The summed E-state index contributed by atoms with van der Waals surface area (Å²) in [6.07, 6.45) is 1.93. The molecule has 204 valence electrons. The smallest absolute Gasteiger partial charge is 0.265 e. The zero-order chi connectivity index (χ0) is 27.4. The van der Waals surface area contributed by atoms with Crippen molar-refractivity contribution in [1.29, 1.82) is 0 Å². The minimum atomic E-state index is -4.44. The second-order valence-corrected chi connectivity index (χ2v) is 16.0. The van der Waals surface area contributed by atoms with E-state index in [0.717, 1.165) is 5.56 Å². The molecule has 10 heteroatoms. The summed E-state index contributed by atoms with van der Waals surface area (Å²) in [5.41, 5.74) is -3.11. The van der Waals surface area contributed by atoms with Crippen molar-refractivity contribution in [3.8, 4) is 0 Å². The predicted molar refractivity (Wildman–Crippen MR) is 137 cm³/mol. The first-order chi connectivity index (χ1) is 16.9. The molecule has 0 aliphatic heterocycles. The van der Waals surface area contributed by atoms with Gasteiger partial charge in [0.2, 0.25) is 0 Å². The first-order valence-electron chi connectivity index (χ1n) is 12.9. The molecule has 4 aliphatic rings. The van der Waals surface area contributed by atoms with Gasteiger partial charge in [0.15, 0.2) is 0 Å². The van der Waals surface area contributed by atoms with Crippen LogP contribution in [0.1, 0.15) is 64.9 Å². The van der Waals surface area contributed by atoms with Crippen LogP contribution in [-0.4, -0.2) is 49.0 Å². The largest absolute Gasteiger partial charge is 0.299 e. The third-order valence-corrected chi connectivity index (χ3v) is 13.0. The summed E-state index contributed by atoms with van der Waals surface area (Å²) >= 11 is 0. The first kappa shape index (κ1) is 27.0. The Kier molecular flexibility index (Phi) is 5.80. The number of carbonyl (C=O) groups is 2. The van der Waals surface area contributed by atoms with Gasteiger partial charge in [-0.15, -0.1) is 0 Å². The van der Waals surface area contributed by atoms with Crippen molar-refractivity contribution < 1.29 is 35.5 Å². The van der Waals surface area contributed by atoms with E-state index in [4.69, 9.17) is 0 Å². The summed E-state index contributed by atoms with van der Waals surface area (Å²) in [6.45, 7) is 7.56. The summed E-state index contributed by atoms with van der Waals surface area (Å²) in [7, 11) is -8.88. The molecule has 1 aromatic carbocycles. The Balaban J connectivity index is 1.67. The number of Topliss-reactive ketones (excluding diaryl/α,β-unsaturated/α-hetero) is 2. The van der Waals surface area contributed by atoms with Crippen molar-refractivity contribution in [1.82, 2.24) is 0 Å². The van der Waals surface area contributed by atoms with Crippen LogP contribution < -0.4 is 0 Å². The molecule has 1 aromatic rings. The number of ketones is 2. The SMILES string of the molecule is CC1(C)C2CCC1(CS(=O)(=O)O)C(=O)C2C(c1ccccc1)C1C(=O)C2(CS(=O)(=O)O)CCC1C2(C)C. The third-order valence-electron chi connectivity index (χ3n) is 11.3. The molecule has 4 fully saturated rings. The highest BCUT2D eigenvalue weighted by atomic mass is 32.2. The van der Waals surface area contributed by atoms with E-state index in [1.54, 1.807) is 0 Å². The van der Waals surface area contributed by atoms with Gasteiger partial charge < -0.3 is 0 Å². The average Bonchev–Trinajstić information content (AvgIpc) is 3.26. The third kappa shape index (κ3) is 3.58. The van der Waals surface area contributed by atoms with Crippen molar-refractivity contribution in [2.24, 2.45) is 45.3 Å². The van der Waals surface area contributed by atoms with Gasteiger partial charge in [-0.05, 0) is 53.9 Å². The highest BCUT2D eigenvalue weighted by Crippen LogP contribution is 2.73. The molecule has 6 atom stereocenters. The topological polar surface area (TPSA) is 143 Å². The van der Waals surface area contributed by atoms with E-state index in [9.17, 15) is 35.5 Å². The van der Waals surface area contributed by atoms with Gasteiger partial charge in [-0.1, -0.05) is 58.0 Å². The molecule has 0 amide bonds. The molecule has 0 spiro atoms. The molecule has 8 nitrogen and oxygen atoms in total. The van der Waals surface area contributed by atoms with E-state index in [0.29, 0.717) is 25.7 Å². The summed E-state index contributed by atoms with van der Waals surface area (Å²) in [6, 6.07) is 9.30. The van der Waals surface area contributed by atoms with Gasteiger partial charge >= 0.3 is 0 Å². The lowest BCUT2D eigenvalue weighted by Gasteiger charge is -2.39. The Labute approximate surface area is 219 Å². The fourth-order valence-corrected chi connectivity index (χ4v) is 12.0. The van der Waals surface area contributed by atoms with E-state index in [1.807, 2.05) is 58.0 Å². The predicted octanol–water partition coefficient (Wildman–Crippen LogP) is 3.79. The molecule has 4 bridgehead atoms. The number of rotatable bonds is 7. The lowest BCUT2D eigenvalue weighted by atomic mass is 9.63. The maximum Gasteiger partial charge on any atom is 0.265 e. The molecular formula is C27H36O8S2. The normalized spacial score (nSPS) is 38.9. The Morgan fingerprint density at radius 1 is 0.757 bits per heavy atom. The van der Waals surface area contributed by atoms with E-state index in [2.05, 4.69) is 0 Å². The maximum absolute atomic E-state index is 14.3. The fourth-order valence-electron chi connectivity index (χ4n) is 9.44. The minimum absolute atomic E-state index is 0.195. The average molecular weight is 553 g/mol. The number of hydrogen-bond donors (Lipinski definition) is 2. The van der Waals surface area contributed by atoms with Gasteiger partial charge in [0.1, 0.15) is 11.6 Å². The van der Waals surface area contributed by atoms with Crippen LogP contribution >= 0.6 is 0 Å². The van der Waals surface area contributed by atoms with Crippen LogP contribution in [-0.2, 0) is 29.8 Å². The summed E-state index contributed by atoms with van der Waals surface area (Å²) in [5, 5.41) is 0. The molecule has 2 N–H and O–H groups in total. The molecule has 6 unspecified atom stereocenters. The molecule has 0 saturated heterocycles. The Morgan fingerprint density at radius 2 is 1.14 bits per heavy atom. The Morgan fingerprint density at radius 3 is 1.49 bits per heavy atom. The van der Waals surface area contributed by atoms with Crippen molar-refractivity contribution in [3.63, 3.8) is 0 Å². The van der Waals surface area contributed by atoms with E-state index >= 15 is 0 Å². The van der Waals surface area contributed by atoms with E-state index < -0.39 is 71.2 Å². The number of hydrogen-bond acceptors (Lipinski definition) is 6. The van der Waals surface area contributed by atoms with Crippen LogP contribution in [0.3, 0.4) is 0 Å². The van der Waals surface area contributed by atoms with Crippen LogP contribution in [0, 0.1) is 45.3 Å². The van der Waals surface area contributed by atoms with E-state index in [1.165, 1.54) is 0 Å². The van der Waals surface area contributed by atoms with Gasteiger partial charge in [0.05, 0.1) is 22.3 Å². The molecular weight excluding hydrogens is 516 g/mol. The standard InChI is InChI=1S/C27H36O8S2/c1-24(2)17-10-12-26(24,14-36(30,31)32)22(28)20(17)19(16-8-6-5-7-9-16)21-18-11-13-27(23(21)29,25(18,3)4)15-37(33,34)35/h5-9,17-21H,10-15H2,1-4H3,(H,30,31,32)(H,33,34,35). The summed E-state index contributed by atoms with van der Waals surface area (Å²) in [5.74, 6) is -3.95. The van der Waals surface area contributed by atoms with Crippen molar-refractivity contribution in [2.45, 2.75) is 59.3 Å². The number of fused-ring (bicyclic) bond motifs is 4. The maximum atomic E-state index is 14.3. The van der Waals surface area contributed by atoms with Crippen LogP contribution in [0.4, 0.5) is 0 Å². The second kappa shape index (κ2) is 7.96. The monoisotopic (exact) mass is 552 g/mol. The van der Waals surface area contributed by atoms with Crippen LogP contribution in [0.5, 0.6) is 0 Å². The fraction of sp³-hybridized carbons (Fsp3) is 0.704. The van der Waals surface area contributed by atoms with Crippen molar-refractivity contribution in [2.75, 3.05) is 11.5 Å². The van der Waals surface area contributed by atoms with Crippen molar-refractivity contribution in [3.05, 3.63) is 35.9 Å². The highest BCUT2D eigenvalue weighted by molar-refractivity contribution is 7.86. The molecule has 5 rings (SSSR count). The molecule has 4 saturated carbocycles. The molecule has 4 aliphatic carbocycles. The minimum Gasteiger partial charge on any atom is -0.299 e. The zero-order valence-electron chi connectivity index (χ0n) is 21.7.